The minimum Gasteiger partial charge on any atom is -0.372 e. The van der Waals surface area contributed by atoms with E-state index in [1.807, 2.05) is 11.3 Å². The molecule has 1 fully saturated rings. The number of nitrogens with zero attached hydrogens (tertiary/aromatic N) is 2. The van der Waals surface area contributed by atoms with Crippen molar-refractivity contribution in [2.24, 2.45) is 0 Å². The molecule has 1 aromatic rings. The standard InChI is InChI=1S/C16H29N3OS/c1-7-13-14(8-17-16(4,5)6)21-15(18-13)19-9-11(2)20-12(3)10-19/h11-12,17H,7-10H2,1-6H3/t11-,12+. The summed E-state index contributed by atoms with van der Waals surface area (Å²) < 4.78 is 5.82. The lowest BCUT2D eigenvalue weighted by molar-refractivity contribution is -0.00523. The van der Waals surface area contributed by atoms with E-state index in [9.17, 15) is 0 Å². The molecule has 0 aliphatic carbocycles. The van der Waals surface area contributed by atoms with Crippen LogP contribution in [-0.2, 0) is 17.7 Å². The normalized spacial score (nSPS) is 23.6. The molecular formula is C16H29N3OS. The maximum atomic E-state index is 5.82. The highest BCUT2D eigenvalue weighted by molar-refractivity contribution is 7.15. The van der Waals surface area contributed by atoms with E-state index in [-0.39, 0.29) is 17.7 Å². The number of rotatable bonds is 4. The molecule has 0 amide bonds. The van der Waals surface area contributed by atoms with Gasteiger partial charge in [-0.3, -0.25) is 0 Å². The molecule has 0 radical (unpaired) electrons. The van der Waals surface area contributed by atoms with Crippen molar-refractivity contribution in [1.29, 1.82) is 0 Å². The van der Waals surface area contributed by atoms with Crippen LogP contribution in [0.5, 0.6) is 0 Å². The highest BCUT2D eigenvalue weighted by Crippen LogP contribution is 2.29. The van der Waals surface area contributed by atoms with E-state index in [0.29, 0.717) is 0 Å². The molecule has 4 nitrogen and oxygen atoms in total. The van der Waals surface area contributed by atoms with E-state index in [2.05, 4.69) is 51.8 Å². The topological polar surface area (TPSA) is 37.4 Å². The molecule has 2 rings (SSSR count). The van der Waals surface area contributed by atoms with Crippen LogP contribution < -0.4 is 10.2 Å². The van der Waals surface area contributed by atoms with Crippen molar-refractivity contribution in [1.82, 2.24) is 10.3 Å². The Morgan fingerprint density at radius 2 is 1.90 bits per heavy atom. The molecule has 1 N–H and O–H groups in total. The van der Waals surface area contributed by atoms with Gasteiger partial charge in [-0.05, 0) is 41.0 Å². The molecule has 1 saturated heterocycles. The van der Waals surface area contributed by atoms with E-state index in [1.54, 1.807) is 0 Å². The van der Waals surface area contributed by atoms with Crippen LogP contribution in [0.15, 0.2) is 0 Å². The van der Waals surface area contributed by atoms with Crippen LogP contribution in [0.2, 0.25) is 0 Å². The number of aryl methyl sites for hydroxylation is 1. The second kappa shape index (κ2) is 6.63. The number of thiazole rings is 1. The van der Waals surface area contributed by atoms with Crippen molar-refractivity contribution in [2.45, 2.75) is 72.3 Å². The van der Waals surface area contributed by atoms with Crippen LogP contribution >= 0.6 is 11.3 Å². The van der Waals surface area contributed by atoms with Crippen molar-refractivity contribution >= 4 is 16.5 Å². The predicted octanol–water partition coefficient (Wildman–Crippen LogP) is 3.21. The number of hydrogen-bond acceptors (Lipinski definition) is 5. The summed E-state index contributed by atoms with van der Waals surface area (Å²) >= 11 is 1.83. The first-order valence-corrected chi connectivity index (χ1v) is 8.74. The minimum atomic E-state index is 0.136. The van der Waals surface area contributed by atoms with Crippen molar-refractivity contribution in [3.05, 3.63) is 10.6 Å². The zero-order chi connectivity index (χ0) is 15.6. The first-order valence-electron chi connectivity index (χ1n) is 7.92. The van der Waals surface area contributed by atoms with E-state index in [4.69, 9.17) is 9.72 Å². The van der Waals surface area contributed by atoms with E-state index in [0.717, 1.165) is 31.2 Å². The first-order chi connectivity index (χ1) is 9.78. The number of hydrogen-bond donors (Lipinski definition) is 1. The van der Waals surface area contributed by atoms with E-state index in [1.165, 1.54) is 10.6 Å². The van der Waals surface area contributed by atoms with Gasteiger partial charge in [0.1, 0.15) is 0 Å². The van der Waals surface area contributed by atoms with Gasteiger partial charge < -0.3 is 15.0 Å². The Balaban J connectivity index is 2.12. The van der Waals surface area contributed by atoms with E-state index < -0.39 is 0 Å². The van der Waals surface area contributed by atoms with Crippen molar-refractivity contribution in [3.63, 3.8) is 0 Å². The lowest BCUT2D eigenvalue weighted by atomic mass is 10.1. The summed E-state index contributed by atoms with van der Waals surface area (Å²) in [5.41, 5.74) is 1.37. The zero-order valence-corrected chi connectivity index (χ0v) is 15.0. The molecule has 1 aliphatic rings. The third-order valence-corrected chi connectivity index (χ3v) is 4.73. The lowest BCUT2D eigenvalue weighted by Gasteiger charge is -2.35. The van der Waals surface area contributed by atoms with Gasteiger partial charge in [-0.1, -0.05) is 6.92 Å². The summed E-state index contributed by atoms with van der Waals surface area (Å²) in [6.07, 6.45) is 1.55. The van der Waals surface area contributed by atoms with E-state index >= 15 is 0 Å². The van der Waals surface area contributed by atoms with Crippen LogP contribution in [-0.4, -0.2) is 35.8 Å². The Bertz CT molecular complexity index is 457. The summed E-state index contributed by atoms with van der Waals surface area (Å²) in [6.45, 7) is 15.8. The maximum absolute atomic E-state index is 5.82. The molecule has 2 atom stereocenters. The average molecular weight is 311 g/mol. The van der Waals surface area contributed by atoms with Crippen LogP contribution in [0, 0.1) is 0 Å². The second-order valence-corrected chi connectivity index (χ2v) is 8.05. The molecule has 0 bridgehead atoms. The number of ether oxygens (including phenoxy) is 1. The van der Waals surface area contributed by atoms with Crippen molar-refractivity contribution in [2.75, 3.05) is 18.0 Å². The molecule has 2 heterocycles. The van der Waals surface area contributed by atoms with Crippen LogP contribution in [0.1, 0.15) is 52.1 Å². The number of aromatic nitrogens is 1. The highest BCUT2D eigenvalue weighted by Gasteiger charge is 2.25. The molecule has 0 spiro atoms. The highest BCUT2D eigenvalue weighted by atomic mass is 32.1. The van der Waals surface area contributed by atoms with Gasteiger partial charge in [0.15, 0.2) is 5.13 Å². The largest absolute Gasteiger partial charge is 0.372 e. The summed E-state index contributed by atoms with van der Waals surface area (Å²) in [6, 6.07) is 0. The fourth-order valence-corrected chi connectivity index (χ4v) is 3.71. The molecular weight excluding hydrogens is 282 g/mol. The van der Waals surface area contributed by atoms with Crippen molar-refractivity contribution < 1.29 is 4.74 Å². The summed E-state index contributed by atoms with van der Waals surface area (Å²) in [7, 11) is 0. The Hall–Kier alpha value is -0.650. The molecule has 120 valence electrons. The third kappa shape index (κ3) is 4.66. The summed E-state index contributed by atoms with van der Waals surface area (Å²) in [4.78, 5) is 8.62. The molecule has 5 heteroatoms. The average Bonchev–Trinajstić information content (AvgIpc) is 2.77. The van der Waals surface area contributed by atoms with Gasteiger partial charge in [-0.15, -0.1) is 11.3 Å². The van der Waals surface area contributed by atoms with Gasteiger partial charge in [-0.2, -0.15) is 0 Å². The smallest absolute Gasteiger partial charge is 0.186 e. The van der Waals surface area contributed by atoms with Crippen molar-refractivity contribution in [3.8, 4) is 0 Å². The second-order valence-electron chi connectivity index (χ2n) is 6.99. The SMILES string of the molecule is CCc1nc(N2C[C@@H](C)O[C@@H](C)C2)sc1CNC(C)(C)C. The van der Waals surface area contributed by atoms with Gasteiger partial charge in [-0.25, -0.2) is 4.98 Å². The quantitative estimate of drug-likeness (QED) is 0.926. The van der Waals surface area contributed by atoms with Gasteiger partial charge in [0.05, 0.1) is 17.9 Å². The van der Waals surface area contributed by atoms with Gasteiger partial charge >= 0.3 is 0 Å². The zero-order valence-electron chi connectivity index (χ0n) is 14.2. The van der Waals surface area contributed by atoms with Crippen LogP contribution in [0.3, 0.4) is 0 Å². The number of morpholine rings is 1. The maximum Gasteiger partial charge on any atom is 0.186 e. The molecule has 1 aliphatic heterocycles. The minimum absolute atomic E-state index is 0.136. The molecule has 0 saturated carbocycles. The van der Waals surface area contributed by atoms with Crippen LogP contribution in [0.4, 0.5) is 5.13 Å². The number of nitrogens with one attached hydrogen (secondary N) is 1. The number of anilines is 1. The van der Waals surface area contributed by atoms with Gasteiger partial charge in [0, 0.05) is 30.1 Å². The first kappa shape index (κ1) is 16.7. The molecule has 0 unspecified atom stereocenters. The Morgan fingerprint density at radius 1 is 1.29 bits per heavy atom. The van der Waals surface area contributed by atoms with Gasteiger partial charge in [0.2, 0.25) is 0 Å². The molecule has 21 heavy (non-hydrogen) atoms. The fourth-order valence-electron chi connectivity index (χ4n) is 2.60. The molecule has 1 aromatic heterocycles. The summed E-state index contributed by atoms with van der Waals surface area (Å²) in [5, 5.41) is 4.73. The molecule has 0 aromatic carbocycles. The predicted molar refractivity (Wildman–Crippen MR) is 90.3 cm³/mol. The lowest BCUT2D eigenvalue weighted by Crippen LogP contribution is -2.45. The Kier molecular flexibility index (Phi) is 5.28. The third-order valence-electron chi connectivity index (χ3n) is 3.57. The van der Waals surface area contributed by atoms with Gasteiger partial charge in [0.25, 0.3) is 0 Å². The Labute approximate surface area is 132 Å². The Morgan fingerprint density at radius 3 is 2.43 bits per heavy atom. The summed E-state index contributed by atoms with van der Waals surface area (Å²) in [5.74, 6) is 0. The monoisotopic (exact) mass is 311 g/mol. The fraction of sp³-hybridized carbons (Fsp3) is 0.812. The van der Waals surface area contributed by atoms with Crippen LogP contribution in [0.25, 0.3) is 0 Å².